The molecule has 0 fully saturated rings. The van der Waals surface area contributed by atoms with Gasteiger partial charge in [0.15, 0.2) is 5.11 Å². The Morgan fingerprint density at radius 3 is 2.77 bits per heavy atom. The molecule has 10 heteroatoms. The predicted molar refractivity (Wildman–Crippen MR) is 122 cm³/mol. The summed E-state index contributed by atoms with van der Waals surface area (Å²) in [5.41, 5.74) is 2.55. The Balaban J connectivity index is 1.45. The first kappa shape index (κ1) is 21.4. The number of aromatic nitrogens is 3. The van der Waals surface area contributed by atoms with Crippen molar-refractivity contribution >= 4 is 45.6 Å². The highest BCUT2D eigenvalue weighted by Gasteiger charge is 2.25. The van der Waals surface area contributed by atoms with E-state index in [1.165, 1.54) is 24.1 Å². The molecule has 0 bridgehead atoms. The van der Waals surface area contributed by atoms with Crippen molar-refractivity contribution in [3.05, 3.63) is 58.0 Å². The van der Waals surface area contributed by atoms with Crippen molar-refractivity contribution < 1.29 is 13.9 Å². The van der Waals surface area contributed by atoms with Crippen LogP contribution in [-0.2, 0) is 24.1 Å². The van der Waals surface area contributed by atoms with Gasteiger partial charge in [0.25, 0.3) is 0 Å². The highest BCUT2D eigenvalue weighted by atomic mass is 32.1. The van der Waals surface area contributed by atoms with E-state index in [9.17, 15) is 9.18 Å². The number of carbonyl (C=O) groups is 1. The van der Waals surface area contributed by atoms with Gasteiger partial charge in [-0.1, -0.05) is 18.6 Å². The van der Waals surface area contributed by atoms with Crippen molar-refractivity contribution in [1.29, 1.82) is 0 Å². The van der Waals surface area contributed by atoms with Gasteiger partial charge in [-0.25, -0.2) is 18.9 Å². The average molecular weight is 460 g/mol. The van der Waals surface area contributed by atoms with Crippen LogP contribution in [-0.4, -0.2) is 33.0 Å². The minimum Gasteiger partial charge on any atom is -0.465 e. The second-order valence-electron chi connectivity index (χ2n) is 7.23. The summed E-state index contributed by atoms with van der Waals surface area (Å²) in [6, 6.07) is 6.22. The van der Waals surface area contributed by atoms with Gasteiger partial charge >= 0.3 is 5.97 Å². The molecule has 2 aromatic heterocycles. The van der Waals surface area contributed by atoms with Gasteiger partial charge in [0.2, 0.25) is 5.95 Å². The zero-order chi connectivity index (χ0) is 21.8. The summed E-state index contributed by atoms with van der Waals surface area (Å²) >= 11 is 6.97. The van der Waals surface area contributed by atoms with Gasteiger partial charge in [-0.15, -0.1) is 16.4 Å². The number of hydrogen-bond donors (Lipinski definition) is 2. The number of ether oxygens (including phenoxy) is 1. The van der Waals surface area contributed by atoms with Gasteiger partial charge in [0.05, 0.1) is 19.2 Å². The van der Waals surface area contributed by atoms with Crippen molar-refractivity contribution in [2.75, 3.05) is 17.7 Å². The van der Waals surface area contributed by atoms with E-state index in [0.29, 0.717) is 28.2 Å². The van der Waals surface area contributed by atoms with E-state index in [2.05, 4.69) is 20.7 Å². The molecule has 0 radical (unpaired) electrons. The second-order valence-corrected chi connectivity index (χ2v) is 8.74. The number of nitrogens with zero attached hydrogens (tertiary/aromatic N) is 3. The third-order valence-electron chi connectivity index (χ3n) is 5.06. The van der Waals surface area contributed by atoms with Crippen molar-refractivity contribution in [3.8, 4) is 0 Å². The number of esters is 1. The van der Waals surface area contributed by atoms with Crippen LogP contribution in [0.4, 0.5) is 15.3 Å². The van der Waals surface area contributed by atoms with Gasteiger partial charge in [0.1, 0.15) is 17.1 Å². The normalized spacial score (nSPS) is 13.2. The fourth-order valence-corrected chi connectivity index (χ4v) is 5.13. The molecule has 0 spiro atoms. The zero-order valence-electron chi connectivity index (χ0n) is 17.0. The molecule has 0 saturated heterocycles. The summed E-state index contributed by atoms with van der Waals surface area (Å²) in [6.45, 7) is 0.458. The van der Waals surface area contributed by atoms with Crippen LogP contribution in [0.25, 0.3) is 0 Å². The first-order valence-corrected chi connectivity index (χ1v) is 11.2. The molecule has 1 aromatic carbocycles. The number of fused-ring (bicyclic) bond motifs is 1. The number of nitrogens with one attached hydrogen (secondary N) is 2. The van der Waals surface area contributed by atoms with E-state index in [-0.39, 0.29) is 11.8 Å². The third kappa shape index (κ3) is 5.08. The largest absolute Gasteiger partial charge is 0.465 e. The maximum atomic E-state index is 13.1. The van der Waals surface area contributed by atoms with E-state index < -0.39 is 0 Å². The van der Waals surface area contributed by atoms with Gasteiger partial charge in [0, 0.05) is 4.88 Å². The van der Waals surface area contributed by atoms with Crippen molar-refractivity contribution in [1.82, 2.24) is 14.8 Å². The summed E-state index contributed by atoms with van der Waals surface area (Å²) < 4.78 is 19.7. The van der Waals surface area contributed by atoms with Crippen LogP contribution in [0.3, 0.4) is 0 Å². The quantitative estimate of drug-likeness (QED) is 0.333. The Bertz CT molecular complexity index is 1090. The minimum absolute atomic E-state index is 0.279. The molecular formula is C21H22FN5O2S2. The lowest BCUT2D eigenvalue weighted by Gasteiger charge is -2.09. The van der Waals surface area contributed by atoms with Crippen LogP contribution in [0.5, 0.6) is 0 Å². The van der Waals surface area contributed by atoms with E-state index in [0.717, 1.165) is 43.2 Å². The maximum absolute atomic E-state index is 13.1. The SMILES string of the molecule is COC(=O)c1c(NC(=S)Nc2ncn(Cc3ccc(F)cc3)n2)sc2c1CCCCC2. The van der Waals surface area contributed by atoms with Gasteiger partial charge in [-0.2, -0.15) is 0 Å². The molecule has 0 unspecified atom stereocenters. The summed E-state index contributed by atoms with van der Waals surface area (Å²) in [4.78, 5) is 17.9. The van der Waals surface area contributed by atoms with Crippen molar-refractivity contribution in [2.45, 2.75) is 38.6 Å². The molecule has 0 atom stereocenters. The fourth-order valence-electron chi connectivity index (χ4n) is 3.59. The summed E-state index contributed by atoms with van der Waals surface area (Å²) in [5.74, 6) is -0.304. The fraction of sp³-hybridized carbons (Fsp3) is 0.333. The number of carbonyl (C=O) groups excluding carboxylic acids is 1. The summed E-state index contributed by atoms with van der Waals surface area (Å²) in [6.07, 6.45) is 6.74. The van der Waals surface area contributed by atoms with Crippen LogP contribution >= 0.6 is 23.6 Å². The summed E-state index contributed by atoms with van der Waals surface area (Å²) in [5, 5.41) is 11.4. The summed E-state index contributed by atoms with van der Waals surface area (Å²) in [7, 11) is 1.39. The highest BCUT2D eigenvalue weighted by Crippen LogP contribution is 2.38. The lowest BCUT2D eigenvalue weighted by atomic mass is 10.1. The number of hydrogen-bond acceptors (Lipinski definition) is 6. The van der Waals surface area contributed by atoms with E-state index in [1.54, 1.807) is 34.5 Å². The Morgan fingerprint density at radius 2 is 2.00 bits per heavy atom. The van der Waals surface area contributed by atoms with Crippen LogP contribution in [0, 0.1) is 5.82 Å². The van der Waals surface area contributed by atoms with Crippen LogP contribution in [0.15, 0.2) is 30.6 Å². The number of halogens is 1. The number of aryl methyl sites for hydroxylation is 1. The molecule has 1 aliphatic rings. The van der Waals surface area contributed by atoms with E-state index in [1.807, 2.05) is 0 Å². The number of thiophene rings is 1. The minimum atomic E-state index is -0.355. The molecule has 4 rings (SSSR count). The zero-order valence-corrected chi connectivity index (χ0v) is 18.6. The Morgan fingerprint density at radius 1 is 1.23 bits per heavy atom. The molecular weight excluding hydrogens is 437 g/mol. The Hall–Kier alpha value is -2.85. The average Bonchev–Trinajstić information content (AvgIpc) is 3.25. The lowest BCUT2D eigenvalue weighted by molar-refractivity contribution is 0.0601. The van der Waals surface area contributed by atoms with Gasteiger partial charge in [-0.05, 0) is 61.2 Å². The first-order valence-electron chi connectivity index (χ1n) is 9.98. The van der Waals surface area contributed by atoms with E-state index >= 15 is 0 Å². The molecule has 2 heterocycles. The second kappa shape index (κ2) is 9.52. The van der Waals surface area contributed by atoms with Gasteiger partial charge in [-0.3, -0.25) is 5.32 Å². The van der Waals surface area contributed by atoms with Crippen LogP contribution in [0.1, 0.15) is 45.6 Å². The number of rotatable bonds is 5. The topological polar surface area (TPSA) is 81.1 Å². The molecule has 2 N–H and O–H groups in total. The number of anilines is 2. The highest BCUT2D eigenvalue weighted by molar-refractivity contribution is 7.80. The van der Waals surface area contributed by atoms with Crippen LogP contribution < -0.4 is 10.6 Å². The molecule has 0 aliphatic heterocycles. The Kier molecular flexibility index (Phi) is 6.57. The predicted octanol–water partition coefficient (Wildman–Crippen LogP) is 4.39. The first-order chi connectivity index (χ1) is 15.0. The monoisotopic (exact) mass is 459 g/mol. The molecule has 3 aromatic rings. The standard InChI is InChI=1S/C21H22FN5O2S2/c1-29-19(28)17-15-5-3-2-4-6-16(15)31-18(17)24-21(30)25-20-23-12-27(26-20)11-13-7-9-14(22)10-8-13/h7-10,12H,2-6,11H2,1H3,(H2,24,25,26,30). The number of methoxy groups -OCH3 is 1. The van der Waals surface area contributed by atoms with Crippen LogP contribution in [0.2, 0.25) is 0 Å². The van der Waals surface area contributed by atoms with E-state index in [4.69, 9.17) is 17.0 Å². The van der Waals surface area contributed by atoms with Crippen molar-refractivity contribution in [3.63, 3.8) is 0 Å². The van der Waals surface area contributed by atoms with Gasteiger partial charge < -0.3 is 10.1 Å². The molecule has 31 heavy (non-hydrogen) atoms. The molecule has 0 amide bonds. The molecule has 0 saturated carbocycles. The smallest absolute Gasteiger partial charge is 0.341 e. The van der Waals surface area contributed by atoms with Crippen molar-refractivity contribution in [2.24, 2.45) is 0 Å². The molecule has 1 aliphatic carbocycles. The Labute approximate surface area is 188 Å². The lowest BCUT2D eigenvalue weighted by Crippen LogP contribution is -2.21. The molecule has 7 nitrogen and oxygen atoms in total. The molecule has 162 valence electrons. The third-order valence-corrected chi connectivity index (χ3v) is 6.47. The number of benzene rings is 1. The maximum Gasteiger partial charge on any atom is 0.341 e. The number of thiocarbonyl (C=S) groups is 1.